The van der Waals surface area contributed by atoms with Crippen molar-refractivity contribution in [2.45, 2.75) is 32.4 Å². The molecule has 0 saturated heterocycles. The Kier molecular flexibility index (Phi) is 4.73. The fraction of sp³-hybridized carbons (Fsp3) is 0.615. The lowest BCUT2D eigenvalue weighted by molar-refractivity contribution is -0.122. The summed E-state index contributed by atoms with van der Waals surface area (Å²) in [6, 6.07) is 1.41. The van der Waals surface area contributed by atoms with E-state index in [9.17, 15) is 9.59 Å². The molecular weight excluding hydrogens is 260 g/mol. The lowest BCUT2D eigenvalue weighted by atomic mass is 10.1. The molecule has 0 fully saturated rings. The Morgan fingerprint density at radius 2 is 2.45 bits per heavy atom. The van der Waals surface area contributed by atoms with Crippen LogP contribution in [0.25, 0.3) is 0 Å². The number of hydrogen-bond donors (Lipinski definition) is 2. The Bertz CT molecular complexity index is 541. The van der Waals surface area contributed by atoms with Crippen LogP contribution in [0.5, 0.6) is 0 Å². The van der Waals surface area contributed by atoms with Crippen LogP contribution in [-0.4, -0.2) is 42.0 Å². The number of ether oxygens (including phenoxy) is 1. The summed E-state index contributed by atoms with van der Waals surface area (Å²) < 4.78 is 6.15. The minimum Gasteiger partial charge on any atom is -0.383 e. The maximum absolute atomic E-state index is 11.9. The highest BCUT2D eigenvalue weighted by atomic mass is 16.5. The van der Waals surface area contributed by atoms with Gasteiger partial charge in [-0.05, 0) is 19.8 Å². The Hall–Kier alpha value is -1.89. The molecule has 1 unspecified atom stereocenters. The van der Waals surface area contributed by atoms with E-state index in [1.54, 1.807) is 7.11 Å². The van der Waals surface area contributed by atoms with E-state index in [0.717, 1.165) is 30.8 Å². The van der Waals surface area contributed by atoms with Crippen LogP contribution in [0.3, 0.4) is 0 Å². The standard InChI is InChI=1S/C13H20N4O3/c1-9(8-20-2)15-12(18)7-17-13(19)6-11-10(16-17)4-3-5-14-11/h6,9,14H,3-5,7-8H2,1-2H3,(H,15,18). The maximum atomic E-state index is 11.9. The summed E-state index contributed by atoms with van der Waals surface area (Å²) in [5.74, 6) is -0.243. The molecule has 1 aliphatic heterocycles. The number of aryl methyl sites for hydroxylation is 1. The van der Waals surface area contributed by atoms with Crippen LogP contribution in [0.15, 0.2) is 10.9 Å². The van der Waals surface area contributed by atoms with E-state index in [2.05, 4.69) is 15.7 Å². The molecule has 0 aliphatic carbocycles. The van der Waals surface area contributed by atoms with Gasteiger partial charge in [0.15, 0.2) is 0 Å². The summed E-state index contributed by atoms with van der Waals surface area (Å²) in [5.41, 5.74) is 1.35. The van der Waals surface area contributed by atoms with Crippen LogP contribution in [0.4, 0.5) is 5.69 Å². The van der Waals surface area contributed by atoms with E-state index in [1.165, 1.54) is 10.7 Å². The molecule has 20 heavy (non-hydrogen) atoms. The van der Waals surface area contributed by atoms with Gasteiger partial charge in [0.25, 0.3) is 5.56 Å². The molecule has 110 valence electrons. The Balaban J connectivity index is 2.06. The molecule has 0 bridgehead atoms. The Morgan fingerprint density at radius 1 is 1.65 bits per heavy atom. The number of rotatable bonds is 5. The lowest BCUT2D eigenvalue weighted by Crippen LogP contribution is -2.40. The van der Waals surface area contributed by atoms with Gasteiger partial charge in [-0.1, -0.05) is 0 Å². The topological polar surface area (TPSA) is 85.2 Å². The summed E-state index contributed by atoms with van der Waals surface area (Å²) in [7, 11) is 1.57. The molecule has 2 N–H and O–H groups in total. The molecule has 7 nitrogen and oxygen atoms in total. The molecule has 2 heterocycles. The average molecular weight is 280 g/mol. The first-order valence-corrected chi connectivity index (χ1v) is 6.73. The minimum absolute atomic E-state index is 0.0693. The zero-order valence-electron chi connectivity index (χ0n) is 11.8. The molecule has 1 aromatic rings. The van der Waals surface area contributed by atoms with E-state index < -0.39 is 0 Å². The van der Waals surface area contributed by atoms with Gasteiger partial charge in [-0.15, -0.1) is 0 Å². The largest absolute Gasteiger partial charge is 0.383 e. The maximum Gasteiger partial charge on any atom is 0.269 e. The fourth-order valence-corrected chi connectivity index (χ4v) is 2.21. The smallest absolute Gasteiger partial charge is 0.269 e. The summed E-state index contributed by atoms with van der Waals surface area (Å²) >= 11 is 0. The van der Waals surface area contributed by atoms with E-state index in [4.69, 9.17) is 4.74 Å². The van der Waals surface area contributed by atoms with Gasteiger partial charge in [0.1, 0.15) is 6.54 Å². The SMILES string of the molecule is COCC(C)NC(=O)Cn1nc2c(cc1=O)NCCC2. The zero-order valence-corrected chi connectivity index (χ0v) is 11.8. The summed E-state index contributed by atoms with van der Waals surface area (Å²) in [6.45, 7) is 3.06. The number of nitrogens with zero attached hydrogens (tertiary/aromatic N) is 2. The van der Waals surface area contributed by atoms with Gasteiger partial charge in [0, 0.05) is 25.8 Å². The number of nitrogens with one attached hydrogen (secondary N) is 2. The van der Waals surface area contributed by atoms with Crippen LogP contribution in [0.1, 0.15) is 19.0 Å². The van der Waals surface area contributed by atoms with E-state index in [-0.39, 0.29) is 24.1 Å². The van der Waals surface area contributed by atoms with Gasteiger partial charge in [0.05, 0.1) is 18.0 Å². The van der Waals surface area contributed by atoms with Gasteiger partial charge in [-0.25, -0.2) is 4.68 Å². The number of carbonyl (C=O) groups excluding carboxylic acids is 1. The third kappa shape index (κ3) is 3.57. The zero-order chi connectivity index (χ0) is 14.5. The van der Waals surface area contributed by atoms with Crippen molar-refractivity contribution < 1.29 is 9.53 Å². The number of amides is 1. The quantitative estimate of drug-likeness (QED) is 0.777. The number of methoxy groups -OCH3 is 1. The van der Waals surface area contributed by atoms with E-state index in [1.807, 2.05) is 6.92 Å². The molecule has 0 aromatic carbocycles. The van der Waals surface area contributed by atoms with E-state index >= 15 is 0 Å². The predicted octanol–water partition coefficient (Wildman–Crippen LogP) is -0.247. The highest BCUT2D eigenvalue weighted by molar-refractivity contribution is 5.75. The molecule has 0 radical (unpaired) electrons. The monoisotopic (exact) mass is 280 g/mol. The van der Waals surface area contributed by atoms with Crippen molar-refractivity contribution in [1.82, 2.24) is 15.1 Å². The lowest BCUT2D eigenvalue weighted by Gasteiger charge is -2.18. The molecule has 0 spiro atoms. The van der Waals surface area contributed by atoms with Crippen molar-refractivity contribution in [3.05, 3.63) is 22.1 Å². The van der Waals surface area contributed by atoms with Gasteiger partial charge < -0.3 is 15.4 Å². The summed E-state index contributed by atoms with van der Waals surface area (Å²) in [4.78, 5) is 23.7. The van der Waals surface area contributed by atoms with Crippen LogP contribution < -0.4 is 16.2 Å². The van der Waals surface area contributed by atoms with Gasteiger partial charge in [0.2, 0.25) is 5.91 Å². The van der Waals surface area contributed by atoms with Gasteiger partial charge in [-0.3, -0.25) is 9.59 Å². The van der Waals surface area contributed by atoms with Crippen LogP contribution in [0.2, 0.25) is 0 Å². The molecule has 1 amide bonds. The summed E-state index contributed by atoms with van der Waals surface area (Å²) in [6.07, 6.45) is 1.81. The Labute approximate surface area is 117 Å². The predicted molar refractivity (Wildman–Crippen MR) is 74.8 cm³/mol. The second-order valence-electron chi connectivity index (χ2n) is 4.95. The first-order chi connectivity index (χ1) is 9.60. The van der Waals surface area contributed by atoms with Gasteiger partial charge >= 0.3 is 0 Å². The number of anilines is 1. The van der Waals surface area contributed by atoms with Gasteiger partial charge in [-0.2, -0.15) is 5.10 Å². The van der Waals surface area contributed by atoms with Crippen molar-refractivity contribution >= 4 is 11.6 Å². The first kappa shape index (κ1) is 14.5. The van der Waals surface area contributed by atoms with Crippen molar-refractivity contribution in [2.24, 2.45) is 0 Å². The molecular formula is C13H20N4O3. The number of aromatic nitrogens is 2. The molecule has 1 atom stereocenters. The van der Waals surface area contributed by atoms with Crippen molar-refractivity contribution in [1.29, 1.82) is 0 Å². The molecule has 2 rings (SSSR count). The molecule has 1 aromatic heterocycles. The normalized spacial score (nSPS) is 15.1. The third-order valence-corrected chi connectivity index (χ3v) is 3.10. The molecule has 0 saturated carbocycles. The summed E-state index contributed by atoms with van der Waals surface area (Å²) in [5, 5.41) is 10.2. The molecule has 7 heteroatoms. The van der Waals surface area contributed by atoms with Crippen LogP contribution in [0, 0.1) is 0 Å². The molecule has 1 aliphatic rings. The highest BCUT2D eigenvalue weighted by Crippen LogP contribution is 2.16. The fourth-order valence-electron chi connectivity index (χ4n) is 2.21. The number of carbonyl (C=O) groups is 1. The third-order valence-electron chi connectivity index (χ3n) is 3.10. The van der Waals surface area contributed by atoms with Crippen molar-refractivity contribution in [3.63, 3.8) is 0 Å². The number of fused-ring (bicyclic) bond motifs is 1. The highest BCUT2D eigenvalue weighted by Gasteiger charge is 2.15. The average Bonchev–Trinajstić information content (AvgIpc) is 2.39. The number of hydrogen-bond acceptors (Lipinski definition) is 5. The van der Waals surface area contributed by atoms with Crippen LogP contribution in [-0.2, 0) is 22.5 Å². The van der Waals surface area contributed by atoms with Crippen molar-refractivity contribution in [3.8, 4) is 0 Å². The van der Waals surface area contributed by atoms with E-state index in [0.29, 0.717) is 6.61 Å². The van der Waals surface area contributed by atoms with Crippen molar-refractivity contribution in [2.75, 3.05) is 25.6 Å². The Morgan fingerprint density at radius 3 is 3.20 bits per heavy atom. The second kappa shape index (κ2) is 6.51. The minimum atomic E-state index is -0.271. The van der Waals surface area contributed by atoms with Crippen LogP contribution >= 0.6 is 0 Å². The first-order valence-electron chi connectivity index (χ1n) is 6.73. The second-order valence-corrected chi connectivity index (χ2v) is 4.95.